The lowest BCUT2D eigenvalue weighted by molar-refractivity contribution is -0.123. The Bertz CT molecular complexity index is 355. The largest absolute Gasteiger partial charge is 0.390 e. The predicted molar refractivity (Wildman–Crippen MR) is 72.4 cm³/mol. The van der Waals surface area contributed by atoms with Crippen LogP contribution in [0.2, 0.25) is 0 Å². The van der Waals surface area contributed by atoms with Gasteiger partial charge in [-0.15, -0.1) is 0 Å². The highest BCUT2D eigenvalue weighted by Crippen LogP contribution is 2.35. The number of amides is 1. The summed E-state index contributed by atoms with van der Waals surface area (Å²) in [4.78, 5) is 39.8. The molecular formula is C11H22NO6P. The fourth-order valence-electron chi connectivity index (χ4n) is 1.55. The van der Waals surface area contributed by atoms with Gasteiger partial charge in [-0.25, -0.2) is 0 Å². The van der Waals surface area contributed by atoms with Gasteiger partial charge in [0.2, 0.25) is 13.5 Å². The maximum Gasteiger partial charge on any atom is 0.245 e. The van der Waals surface area contributed by atoms with Crippen molar-refractivity contribution in [2.24, 2.45) is 11.8 Å². The van der Waals surface area contributed by atoms with Gasteiger partial charge in [0, 0.05) is 6.92 Å². The molecule has 0 heterocycles. The zero-order valence-electron chi connectivity index (χ0n) is 11.3. The first kappa shape index (κ1) is 18.3. The molecule has 7 nitrogen and oxygen atoms in total. The number of nitrogens with one attached hydrogen (secondary N) is 1. The summed E-state index contributed by atoms with van der Waals surface area (Å²) in [6, 6.07) is -0.718. The van der Waals surface area contributed by atoms with Crippen molar-refractivity contribution in [2.45, 2.75) is 32.9 Å². The van der Waals surface area contributed by atoms with Crippen molar-refractivity contribution in [2.75, 3.05) is 6.61 Å². The number of carbonyl (C=O) groups is 2. The molecule has 0 unspecified atom stereocenters. The molecule has 0 spiro atoms. The molecular weight excluding hydrogens is 273 g/mol. The maximum absolute atomic E-state index is 10.9. The van der Waals surface area contributed by atoms with Crippen LogP contribution >= 0.6 is 7.57 Å². The van der Waals surface area contributed by atoms with Gasteiger partial charge in [-0.2, -0.15) is 0 Å². The first-order valence-electron chi connectivity index (χ1n) is 5.82. The lowest BCUT2D eigenvalue weighted by Gasteiger charge is -2.29. The summed E-state index contributed by atoms with van der Waals surface area (Å²) in [6.45, 7) is 4.37. The normalized spacial score (nSPS) is 18.2. The van der Waals surface area contributed by atoms with Crippen molar-refractivity contribution in [3.05, 3.63) is 0 Å². The Morgan fingerprint density at radius 2 is 1.95 bits per heavy atom. The van der Waals surface area contributed by atoms with Crippen molar-refractivity contribution < 1.29 is 29.0 Å². The molecule has 0 saturated heterocycles. The van der Waals surface area contributed by atoms with Gasteiger partial charge in [0.05, 0.1) is 18.8 Å². The SMILES string of the molecule is C=P(O)(O)OC[C@@H](O)[C@@H](C)[C@H](C)[C@H](C=O)NC(C)=O. The fraction of sp³-hybridized carbons (Fsp3) is 0.727. The van der Waals surface area contributed by atoms with Crippen LogP contribution in [0.15, 0.2) is 0 Å². The van der Waals surface area contributed by atoms with Crippen LogP contribution in [-0.4, -0.2) is 52.1 Å². The van der Waals surface area contributed by atoms with Crippen LogP contribution in [0.3, 0.4) is 0 Å². The quantitative estimate of drug-likeness (QED) is 0.355. The van der Waals surface area contributed by atoms with Gasteiger partial charge in [-0.1, -0.05) is 13.8 Å². The number of aliphatic hydroxyl groups excluding tert-OH is 1. The molecule has 4 N–H and O–H groups in total. The standard InChI is InChI=1S/C11H22NO6P/c1-7(10(5-13)12-9(3)14)8(2)11(15)6-18-19(4,16)17/h5,7-8,10-11,15-17H,4,6H2,1-3H3,(H,12,14)/t7-,8-,10-,11+/m0/s1. The Morgan fingerprint density at radius 1 is 1.42 bits per heavy atom. The van der Waals surface area contributed by atoms with E-state index in [0.717, 1.165) is 0 Å². The molecule has 0 radical (unpaired) electrons. The van der Waals surface area contributed by atoms with E-state index < -0.39 is 25.6 Å². The number of hydrogen-bond donors (Lipinski definition) is 4. The average Bonchev–Trinajstić information content (AvgIpc) is 2.29. The van der Waals surface area contributed by atoms with E-state index in [1.54, 1.807) is 13.8 Å². The summed E-state index contributed by atoms with van der Waals surface area (Å²) in [5.41, 5.74) is 0. The molecule has 0 aliphatic heterocycles. The molecule has 0 aliphatic rings. The Morgan fingerprint density at radius 3 is 2.32 bits per heavy atom. The van der Waals surface area contributed by atoms with Crippen LogP contribution in [-0.2, 0) is 14.1 Å². The molecule has 0 aliphatic carbocycles. The molecule has 0 rings (SSSR count). The number of carbonyl (C=O) groups excluding carboxylic acids is 2. The molecule has 4 atom stereocenters. The third-order valence-electron chi connectivity index (χ3n) is 2.97. The van der Waals surface area contributed by atoms with Gasteiger partial charge in [0.1, 0.15) is 6.29 Å². The molecule has 8 heteroatoms. The zero-order chi connectivity index (χ0) is 15.2. The van der Waals surface area contributed by atoms with E-state index in [-0.39, 0.29) is 18.4 Å². The predicted octanol–water partition coefficient (Wildman–Crippen LogP) is -0.481. The van der Waals surface area contributed by atoms with E-state index in [1.807, 2.05) is 0 Å². The highest BCUT2D eigenvalue weighted by atomic mass is 31.2. The molecule has 19 heavy (non-hydrogen) atoms. The first-order valence-corrected chi connectivity index (χ1v) is 7.62. The fourth-order valence-corrected chi connectivity index (χ4v) is 1.94. The van der Waals surface area contributed by atoms with Crippen LogP contribution < -0.4 is 5.32 Å². The van der Waals surface area contributed by atoms with Crippen molar-refractivity contribution >= 4 is 26.1 Å². The monoisotopic (exact) mass is 295 g/mol. The highest BCUT2D eigenvalue weighted by molar-refractivity contribution is 7.57. The van der Waals surface area contributed by atoms with E-state index in [0.29, 0.717) is 6.29 Å². The van der Waals surface area contributed by atoms with Crippen molar-refractivity contribution in [3.63, 3.8) is 0 Å². The minimum Gasteiger partial charge on any atom is -0.390 e. The van der Waals surface area contributed by atoms with Crippen LogP contribution in [0.4, 0.5) is 0 Å². The van der Waals surface area contributed by atoms with Crippen LogP contribution in [0.5, 0.6) is 0 Å². The van der Waals surface area contributed by atoms with Crippen molar-refractivity contribution in [1.29, 1.82) is 0 Å². The van der Waals surface area contributed by atoms with Crippen molar-refractivity contribution in [1.82, 2.24) is 5.32 Å². The van der Waals surface area contributed by atoms with Crippen molar-refractivity contribution in [3.8, 4) is 0 Å². The topological polar surface area (TPSA) is 116 Å². The second-order valence-corrected chi connectivity index (χ2v) is 6.20. The zero-order valence-corrected chi connectivity index (χ0v) is 12.2. The average molecular weight is 295 g/mol. The second-order valence-electron chi connectivity index (χ2n) is 4.61. The number of aldehydes is 1. The molecule has 0 bridgehead atoms. The Kier molecular flexibility index (Phi) is 7.47. The number of hydrogen-bond acceptors (Lipinski definition) is 6. The minimum atomic E-state index is -3.64. The molecule has 0 saturated carbocycles. The van der Waals surface area contributed by atoms with Gasteiger partial charge < -0.3 is 29.5 Å². The van der Waals surface area contributed by atoms with Crippen LogP contribution in [0.1, 0.15) is 20.8 Å². The van der Waals surface area contributed by atoms with Crippen LogP contribution in [0, 0.1) is 11.8 Å². The molecule has 112 valence electrons. The minimum absolute atomic E-state index is 0.304. The van der Waals surface area contributed by atoms with Crippen LogP contribution in [0.25, 0.3) is 0 Å². The van der Waals surface area contributed by atoms with E-state index in [1.165, 1.54) is 6.92 Å². The number of aliphatic hydroxyl groups is 1. The maximum atomic E-state index is 10.9. The number of rotatable bonds is 8. The summed E-state index contributed by atoms with van der Waals surface area (Å²) in [6.07, 6.45) is 2.61. The Labute approximate surface area is 112 Å². The lowest BCUT2D eigenvalue weighted by atomic mass is 9.85. The second kappa shape index (κ2) is 7.77. The summed E-state index contributed by atoms with van der Waals surface area (Å²) in [5.74, 6) is -1.07. The molecule has 0 aromatic heterocycles. The van der Waals surface area contributed by atoms with Gasteiger partial charge >= 0.3 is 0 Å². The third kappa shape index (κ3) is 7.44. The van der Waals surface area contributed by atoms with E-state index in [2.05, 4.69) is 16.1 Å². The Hall–Kier alpha value is -0.720. The van der Waals surface area contributed by atoms with Gasteiger partial charge in [0.15, 0.2) is 0 Å². The molecule has 0 aromatic rings. The Balaban J connectivity index is 4.51. The highest BCUT2D eigenvalue weighted by Gasteiger charge is 2.28. The molecule has 0 fully saturated rings. The smallest absolute Gasteiger partial charge is 0.245 e. The molecule has 0 aromatic carbocycles. The third-order valence-corrected chi connectivity index (χ3v) is 3.53. The summed E-state index contributed by atoms with van der Waals surface area (Å²) >= 11 is 0. The lowest BCUT2D eigenvalue weighted by Crippen LogP contribution is -2.44. The van der Waals surface area contributed by atoms with E-state index >= 15 is 0 Å². The van der Waals surface area contributed by atoms with E-state index in [9.17, 15) is 14.7 Å². The van der Waals surface area contributed by atoms with E-state index in [4.69, 9.17) is 9.79 Å². The summed E-state index contributed by atoms with van der Waals surface area (Å²) in [5, 5.41) is 12.3. The summed E-state index contributed by atoms with van der Waals surface area (Å²) in [7, 11) is -3.64. The van der Waals surface area contributed by atoms with Gasteiger partial charge in [0.25, 0.3) is 0 Å². The molecule has 1 amide bonds. The summed E-state index contributed by atoms with van der Waals surface area (Å²) < 4.78 is 4.64. The van der Waals surface area contributed by atoms with Gasteiger partial charge in [-0.05, 0) is 18.1 Å². The first-order chi connectivity index (χ1) is 8.58. The van der Waals surface area contributed by atoms with Gasteiger partial charge in [-0.3, -0.25) is 4.79 Å².